The van der Waals surface area contributed by atoms with Gasteiger partial charge in [-0.05, 0) is 23.9 Å². The number of nitrogens with two attached hydrogens (primary N) is 1. The van der Waals surface area contributed by atoms with Crippen LogP contribution in [0.1, 0.15) is 17.9 Å². The molecule has 1 unspecified atom stereocenters. The zero-order valence-electron chi connectivity index (χ0n) is 9.13. The highest BCUT2D eigenvalue weighted by Crippen LogP contribution is 2.25. The molecule has 1 aromatic carbocycles. The van der Waals surface area contributed by atoms with Gasteiger partial charge in [0.15, 0.2) is 0 Å². The number of hydrogen-bond donors (Lipinski definition) is 2. The lowest BCUT2D eigenvalue weighted by Crippen LogP contribution is -2.14. The van der Waals surface area contributed by atoms with E-state index in [0.29, 0.717) is 13.0 Å². The molecule has 0 saturated heterocycles. The maximum Gasteiger partial charge on any atom is 0.0437 e. The van der Waals surface area contributed by atoms with Crippen molar-refractivity contribution in [1.29, 1.82) is 0 Å². The van der Waals surface area contributed by atoms with E-state index in [1.807, 2.05) is 30.6 Å². The summed E-state index contributed by atoms with van der Waals surface area (Å²) in [6, 6.07) is 8.13. The second-order valence-electron chi connectivity index (χ2n) is 3.89. The van der Waals surface area contributed by atoms with Gasteiger partial charge in [0.05, 0.1) is 0 Å². The molecule has 0 fully saturated rings. The molecule has 16 heavy (non-hydrogen) atoms. The number of pyridine rings is 1. The van der Waals surface area contributed by atoms with Crippen molar-refractivity contribution in [3.05, 3.63) is 42.2 Å². The van der Waals surface area contributed by atoms with Crippen molar-refractivity contribution in [2.24, 2.45) is 5.73 Å². The molecule has 1 heterocycles. The molecule has 3 N–H and O–H groups in total. The van der Waals surface area contributed by atoms with Crippen LogP contribution in [0.2, 0.25) is 0 Å². The molecule has 0 aliphatic heterocycles. The first-order valence-corrected chi connectivity index (χ1v) is 5.50. The molecule has 3 nitrogen and oxygen atoms in total. The normalized spacial score (nSPS) is 12.9. The van der Waals surface area contributed by atoms with Crippen molar-refractivity contribution in [2.45, 2.75) is 12.3 Å². The molecule has 0 aliphatic rings. The predicted molar refractivity (Wildman–Crippen MR) is 65.2 cm³/mol. The number of aromatic nitrogens is 1. The summed E-state index contributed by atoms with van der Waals surface area (Å²) in [5.74, 6) is 0.184. The maximum atomic E-state index is 9.03. The third-order valence-electron chi connectivity index (χ3n) is 2.90. The van der Waals surface area contributed by atoms with Crippen LogP contribution in [0, 0.1) is 0 Å². The van der Waals surface area contributed by atoms with Crippen LogP contribution in [0.25, 0.3) is 10.8 Å². The third kappa shape index (κ3) is 2.05. The van der Waals surface area contributed by atoms with Crippen LogP contribution in [0.4, 0.5) is 0 Å². The van der Waals surface area contributed by atoms with Crippen molar-refractivity contribution in [3.63, 3.8) is 0 Å². The molecule has 0 aliphatic carbocycles. The highest BCUT2D eigenvalue weighted by Gasteiger charge is 2.12. The zero-order valence-corrected chi connectivity index (χ0v) is 9.13. The average molecular weight is 216 g/mol. The highest BCUT2D eigenvalue weighted by molar-refractivity contribution is 5.85. The summed E-state index contributed by atoms with van der Waals surface area (Å²) >= 11 is 0. The smallest absolute Gasteiger partial charge is 0.0437 e. The molecular formula is C13H16N2O. The van der Waals surface area contributed by atoms with E-state index < -0.39 is 0 Å². The number of aliphatic hydroxyl groups excluding tert-OH is 1. The molecule has 0 saturated carbocycles. The lowest BCUT2D eigenvalue weighted by atomic mass is 9.93. The summed E-state index contributed by atoms with van der Waals surface area (Å²) in [5, 5.41) is 11.3. The van der Waals surface area contributed by atoms with E-state index in [1.54, 1.807) is 0 Å². The van der Waals surface area contributed by atoms with Gasteiger partial charge in [0.25, 0.3) is 0 Å². The van der Waals surface area contributed by atoms with Crippen LogP contribution in [-0.2, 0) is 0 Å². The summed E-state index contributed by atoms with van der Waals surface area (Å²) < 4.78 is 0. The molecule has 0 amide bonds. The van der Waals surface area contributed by atoms with E-state index in [-0.39, 0.29) is 12.5 Å². The van der Waals surface area contributed by atoms with Crippen molar-refractivity contribution >= 4 is 10.8 Å². The van der Waals surface area contributed by atoms with Gasteiger partial charge in [-0.2, -0.15) is 0 Å². The fourth-order valence-electron chi connectivity index (χ4n) is 2.02. The van der Waals surface area contributed by atoms with E-state index in [2.05, 4.69) is 11.1 Å². The minimum Gasteiger partial charge on any atom is -0.396 e. The average Bonchev–Trinajstić information content (AvgIpc) is 2.35. The van der Waals surface area contributed by atoms with Gasteiger partial charge >= 0.3 is 0 Å². The number of aliphatic hydroxyl groups is 1. The molecule has 0 bridgehead atoms. The van der Waals surface area contributed by atoms with E-state index in [4.69, 9.17) is 10.8 Å². The first kappa shape index (κ1) is 11.0. The van der Waals surface area contributed by atoms with Crippen molar-refractivity contribution < 1.29 is 5.11 Å². The van der Waals surface area contributed by atoms with E-state index >= 15 is 0 Å². The number of nitrogens with zero attached hydrogens (tertiary/aromatic N) is 1. The van der Waals surface area contributed by atoms with Crippen LogP contribution in [0.5, 0.6) is 0 Å². The molecule has 1 aromatic heterocycles. The van der Waals surface area contributed by atoms with E-state index in [9.17, 15) is 0 Å². The molecule has 2 rings (SSSR count). The second kappa shape index (κ2) is 5.05. The number of rotatable bonds is 4. The molecule has 1 atom stereocenters. The Bertz CT molecular complexity index is 465. The molecule has 0 spiro atoms. The Hall–Kier alpha value is -1.45. The van der Waals surface area contributed by atoms with Gasteiger partial charge in [-0.3, -0.25) is 4.98 Å². The first-order valence-electron chi connectivity index (χ1n) is 5.50. The Morgan fingerprint density at radius 1 is 1.25 bits per heavy atom. The quantitative estimate of drug-likeness (QED) is 0.817. The zero-order chi connectivity index (χ0) is 11.4. The Morgan fingerprint density at radius 2 is 2.06 bits per heavy atom. The Balaban J connectivity index is 2.50. The van der Waals surface area contributed by atoms with E-state index in [1.165, 1.54) is 5.39 Å². The highest BCUT2D eigenvalue weighted by atomic mass is 16.3. The monoisotopic (exact) mass is 216 g/mol. The topological polar surface area (TPSA) is 59.1 Å². The standard InChI is InChI=1S/C13H16N2O/c14-7-10(5-6-16)13-9-15-8-11-3-1-2-4-12(11)13/h1-4,8-10,16H,5-7,14H2. The van der Waals surface area contributed by atoms with Crippen molar-refractivity contribution in [3.8, 4) is 0 Å². The van der Waals surface area contributed by atoms with Gasteiger partial charge in [0.1, 0.15) is 0 Å². The molecule has 0 radical (unpaired) electrons. The van der Waals surface area contributed by atoms with Crippen molar-refractivity contribution in [2.75, 3.05) is 13.2 Å². The van der Waals surface area contributed by atoms with Gasteiger partial charge in [0, 0.05) is 30.3 Å². The lowest BCUT2D eigenvalue weighted by molar-refractivity contribution is 0.276. The molecule has 3 heteroatoms. The van der Waals surface area contributed by atoms with Crippen LogP contribution < -0.4 is 5.73 Å². The van der Waals surface area contributed by atoms with E-state index in [0.717, 1.165) is 10.9 Å². The lowest BCUT2D eigenvalue weighted by Gasteiger charge is -2.15. The minimum absolute atomic E-state index is 0.158. The largest absolute Gasteiger partial charge is 0.396 e. The fourth-order valence-corrected chi connectivity index (χ4v) is 2.02. The van der Waals surface area contributed by atoms with Crippen LogP contribution in [0.15, 0.2) is 36.7 Å². The Morgan fingerprint density at radius 3 is 2.81 bits per heavy atom. The number of benzene rings is 1. The number of fused-ring (bicyclic) bond motifs is 1. The van der Waals surface area contributed by atoms with Gasteiger partial charge in [-0.15, -0.1) is 0 Å². The summed E-state index contributed by atoms with van der Waals surface area (Å²) in [4.78, 5) is 4.23. The van der Waals surface area contributed by atoms with Gasteiger partial charge in [-0.25, -0.2) is 0 Å². The van der Waals surface area contributed by atoms with Crippen LogP contribution in [-0.4, -0.2) is 23.2 Å². The minimum atomic E-state index is 0.158. The molecular weight excluding hydrogens is 200 g/mol. The summed E-state index contributed by atoms with van der Waals surface area (Å²) in [6.07, 6.45) is 4.40. The first-order chi connectivity index (χ1) is 7.86. The van der Waals surface area contributed by atoms with Crippen LogP contribution in [0.3, 0.4) is 0 Å². The number of hydrogen-bond acceptors (Lipinski definition) is 3. The SMILES string of the molecule is NCC(CCO)c1cncc2ccccc12. The summed E-state index contributed by atoms with van der Waals surface area (Å²) in [6.45, 7) is 0.696. The van der Waals surface area contributed by atoms with Gasteiger partial charge in [-0.1, -0.05) is 24.3 Å². The van der Waals surface area contributed by atoms with Crippen LogP contribution >= 0.6 is 0 Å². The van der Waals surface area contributed by atoms with Crippen molar-refractivity contribution in [1.82, 2.24) is 4.98 Å². The second-order valence-corrected chi connectivity index (χ2v) is 3.89. The Labute approximate surface area is 94.9 Å². The summed E-state index contributed by atoms with van der Waals surface area (Å²) in [5.41, 5.74) is 6.88. The molecule has 84 valence electrons. The van der Waals surface area contributed by atoms with Gasteiger partial charge in [0.2, 0.25) is 0 Å². The maximum absolute atomic E-state index is 9.03. The third-order valence-corrected chi connectivity index (χ3v) is 2.90. The fraction of sp³-hybridized carbons (Fsp3) is 0.308. The predicted octanol–water partition coefficient (Wildman–Crippen LogP) is 1.66. The summed E-state index contributed by atoms with van der Waals surface area (Å²) in [7, 11) is 0. The van der Waals surface area contributed by atoms with Gasteiger partial charge < -0.3 is 10.8 Å². The molecule has 2 aromatic rings. The Kier molecular flexibility index (Phi) is 3.49.